The van der Waals surface area contributed by atoms with E-state index in [9.17, 15) is 0 Å². The molecule has 22 aromatic rings. The average molecular weight is 1450 g/mol. The van der Waals surface area contributed by atoms with Crippen molar-refractivity contribution in [2.75, 3.05) is 0 Å². The number of hydrogen-bond donors (Lipinski definition) is 0. The molecule has 0 aliphatic carbocycles. The van der Waals surface area contributed by atoms with Crippen LogP contribution in [0.1, 0.15) is 0 Å². The van der Waals surface area contributed by atoms with Gasteiger partial charge in [0, 0.05) is 22.3 Å². The molecule has 0 saturated carbocycles. The van der Waals surface area contributed by atoms with E-state index < -0.39 is 0 Å². The van der Waals surface area contributed by atoms with Crippen LogP contribution in [0.3, 0.4) is 0 Å². The van der Waals surface area contributed by atoms with Crippen LogP contribution >= 0.6 is 0 Å². The Bertz CT molecular complexity index is 7050. The first-order chi connectivity index (χ1) is 56.5. The van der Waals surface area contributed by atoms with Crippen LogP contribution in [0.25, 0.3) is 221 Å². The number of fused-ring (bicyclic) bond motifs is 8. The van der Waals surface area contributed by atoms with Gasteiger partial charge in [-0.05, 0) is 219 Å². The smallest absolute Gasteiger partial charge is 0.227 e. The van der Waals surface area contributed by atoms with Gasteiger partial charge in [0.2, 0.25) is 11.8 Å². The van der Waals surface area contributed by atoms with Gasteiger partial charge in [0.05, 0.1) is 0 Å². The minimum atomic E-state index is 0.594. The van der Waals surface area contributed by atoms with Crippen molar-refractivity contribution in [3.05, 3.63) is 425 Å². The number of oxazole rings is 2. The second kappa shape index (κ2) is 28.7. The van der Waals surface area contributed by atoms with E-state index in [1.165, 1.54) is 120 Å². The first-order valence-electron chi connectivity index (χ1n) is 38.9. The zero-order valence-electron chi connectivity index (χ0n) is 62.1. The molecular weight excluding hydrogens is 1380 g/mol. The molecule has 2 heterocycles. The highest BCUT2D eigenvalue weighted by atomic mass is 16.4. The first kappa shape index (κ1) is 67.0. The minimum absolute atomic E-state index is 0.594. The number of benzene rings is 20. The summed E-state index contributed by atoms with van der Waals surface area (Å²) in [6.07, 6.45) is 0. The van der Waals surface area contributed by atoms with Crippen molar-refractivity contribution in [2.45, 2.75) is 0 Å². The largest absolute Gasteiger partial charge is 0.436 e. The van der Waals surface area contributed by atoms with Crippen molar-refractivity contribution in [3.8, 4) is 134 Å². The fraction of sp³-hybridized carbons (Fsp3) is 0. The molecule has 0 N–H and O–H groups in total. The number of rotatable bonds is 12. The molecule has 4 nitrogen and oxygen atoms in total. The predicted octanol–water partition coefficient (Wildman–Crippen LogP) is 30.6. The van der Waals surface area contributed by atoms with E-state index in [0.717, 1.165) is 89.0 Å². The van der Waals surface area contributed by atoms with Gasteiger partial charge in [-0.25, -0.2) is 9.97 Å². The summed E-state index contributed by atoms with van der Waals surface area (Å²) in [6.45, 7) is 0. The van der Waals surface area contributed by atoms with Gasteiger partial charge in [0.15, 0.2) is 11.2 Å². The highest BCUT2D eigenvalue weighted by molar-refractivity contribution is 6.23. The van der Waals surface area contributed by atoms with Gasteiger partial charge < -0.3 is 8.83 Å². The van der Waals surface area contributed by atoms with Crippen molar-refractivity contribution < 1.29 is 8.83 Å². The van der Waals surface area contributed by atoms with Gasteiger partial charge in [-0.1, -0.05) is 370 Å². The van der Waals surface area contributed by atoms with E-state index in [1.807, 2.05) is 12.1 Å². The first-order valence-corrected chi connectivity index (χ1v) is 38.9. The van der Waals surface area contributed by atoms with Crippen molar-refractivity contribution >= 4 is 86.8 Å². The molecule has 0 spiro atoms. The molecule has 0 aliphatic heterocycles. The molecular formula is C110H70N2O2. The zero-order valence-corrected chi connectivity index (χ0v) is 62.1. The Morgan fingerprint density at radius 3 is 0.851 bits per heavy atom. The van der Waals surface area contributed by atoms with Crippen molar-refractivity contribution in [3.63, 3.8) is 0 Å². The molecule has 0 unspecified atom stereocenters. The van der Waals surface area contributed by atoms with Crippen LogP contribution in [0, 0.1) is 0 Å². The fourth-order valence-corrected chi connectivity index (χ4v) is 17.1. The maximum Gasteiger partial charge on any atom is 0.227 e. The molecule has 0 radical (unpaired) electrons. The van der Waals surface area contributed by atoms with Crippen LogP contribution in [0.4, 0.5) is 0 Å². The van der Waals surface area contributed by atoms with E-state index in [0.29, 0.717) is 11.8 Å². The number of aromatic nitrogens is 2. The summed E-state index contributed by atoms with van der Waals surface area (Å²) in [5.41, 5.74) is 28.3. The van der Waals surface area contributed by atoms with Gasteiger partial charge >= 0.3 is 0 Å². The Balaban J connectivity index is 0.000000144. The normalized spacial score (nSPS) is 11.5. The minimum Gasteiger partial charge on any atom is -0.436 e. The zero-order chi connectivity index (χ0) is 75.4. The second-order valence-corrected chi connectivity index (χ2v) is 29.3. The lowest BCUT2D eigenvalue weighted by Crippen LogP contribution is -1.90. The van der Waals surface area contributed by atoms with Crippen LogP contribution in [-0.2, 0) is 0 Å². The van der Waals surface area contributed by atoms with Gasteiger partial charge in [-0.15, -0.1) is 0 Å². The highest BCUT2D eigenvalue weighted by Gasteiger charge is 2.24. The Hall–Kier alpha value is -15.1. The topological polar surface area (TPSA) is 52.1 Å². The van der Waals surface area contributed by atoms with E-state index in [2.05, 4.69) is 413 Å². The summed E-state index contributed by atoms with van der Waals surface area (Å²) in [5.74, 6) is 1.20. The summed E-state index contributed by atoms with van der Waals surface area (Å²) in [7, 11) is 0. The van der Waals surface area contributed by atoms with Crippen LogP contribution in [0.2, 0.25) is 0 Å². The third-order valence-electron chi connectivity index (χ3n) is 22.6. The summed E-state index contributed by atoms with van der Waals surface area (Å²) in [4.78, 5) is 10.4. The van der Waals surface area contributed by atoms with Crippen LogP contribution in [0.15, 0.2) is 433 Å². The SMILES string of the molecule is c1ccc(-c2c3ccccc3c(-c3ccc(-c4nc5cc(-c6ccc7ccccc7c6)c(-c6ccc7ccccc7c6)cc5o4)cc3)c3ccccc23)cc1.c1ccc(-c2ccc(-c3ccc(-c4ccc(-c5ccccc5)cc4)c4oc(-c5ccc(-c6c7ccccc7c(-c7ccccc7)c7ccccc67)cc5)nc34)cc2)cc1. The third kappa shape index (κ3) is 12.2. The van der Waals surface area contributed by atoms with Gasteiger partial charge in [0.1, 0.15) is 11.0 Å². The molecule has 0 saturated heterocycles. The van der Waals surface area contributed by atoms with E-state index in [-0.39, 0.29) is 0 Å². The Morgan fingerprint density at radius 2 is 0.447 bits per heavy atom. The lowest BCUT2D eigenvalue weighted by molar-refractivity contribution is 0.620. The lowest BCUT2D eigenvalue weighted by atomic mass is 9.86. The van der Waals surface area contributed by atoms with Crippen molar-refractivity contribution in [2.24, 2.45) is 0 Å². The Morgan fingerprint density at radius 1 is 0.167 bits per heavy atom. The molecule has 0 bridgehead atoms. The van der Waals surface area contributed by atoms with Crippen molar-refractivity contribution in [1.29, 1.82) is 0 Å². The van der Waals surface area contributed by atoms with E-state index >= 15 is 0 Å². The molecule has 0 aliphatic rings. The Labute approximate surface area is 660 Å². The molecule has 22 rings (SSSR count). The van der Waals surface area contributed by atoms with Gasteiger partial charge in [-0.2, -0.15) is 0 Å². The van der Waals surface area contributed by atoms with E-state index in [1.54, 1.807) is 0 Å². The van der Waals surface area contributed by atoms with E-state index in [4.69, 9.17) is 18.8 Å². The monoisotopic (exact) mass is 1450 g/mol. The van der Waals surface area contributed by atoms with Crippen LogP contribution in [-0.4, -0.2) is 9.97 Å². The Kier molecular flexibility index (Phi) is 16.9. The quantitative estimate of drug-likeness (QED) is 0.114. The van der Waals surface area contributed by atoms with Crippen molar-refractivity contribution in [1.82, 2.24) is 9.97 Å². The summed E-state index contributed by atoms with van der Waals surface area (Å²) >= 11 is 0. The maximum atomic E-state index is 6.85. The molecule has 0 fully saturated rings. The number of hydrogen-bond acceptors (Lipinski definition) is 4. The maximum absolute atomic E-state index is 6.85. The second-order valence-electron chi connectivity index (χ2n) is 29.3. The molecule has 0 amide bonds. The molecule has 114 heavy (non-hydrogen) atoms. The molecule has 0 atom stereocenters. The molecule has 20 aromatic carbocycles. The van der Waals surface area contributed by atoms with Gasteiger partial charge in [0.25, 0.3) is 0 Å². The average Bonchev–Trinajstić information content (AvgIpc) is 0.982. The van der Waals surface area contributed by atoms with Crippen LogP contribution < -0.4 is 0 Å². The molecule has 2 aromatic heterocycles. The fourth-order valence-electron chi connectivity index (χ4n) is 17.1. The van der Waals surface area contributed by atoms with Crippen LogP contribution in [0.5, 0.6) is 0 Å². The molecule has 4 heteroatoms. The summed E-state index contributed by atoms with van der Waals surface area (Å²) in [5, 5.41) is 14.8. The molecule has 532 valence electrons. The third-order valence-corrected chi connectivity index (χ3v) is 22.6. The lowest BCUT2D eigenvalue weighted by Gasteiger charge is -2.17. The number of nitrogens with zero attached hydrogens (tertiary/aromatic N) is 2. The highest BCUT2D eigenvalue weighted by Crippen LogP contribution is 2.48. The standard InChI is InChI=1S/C57H37NO.C53H33NO/c1-4-14-38(15-5-1)40-24-28-42(29-25-40)47-36-37-48(43-30-26-41(27-31-43)39-16-6-2-7-17-39)56-55(47)58-57(59-56)46-34-32-45(33-35-46)54-51-22-12-10-20-49(51)53(44-18-8-3-9-19-44)50-21-11-13-23-52(50)54;1-2-14-36(15-3-1)51-43-18-8-10-20-45(43)52(46-21-11-9-19-44(46)51)37-24-26-38(27-25-37)53-54-49-32-47(41-28-22-34-12-4-6-16-39(34)30-41)48(33-50(49)55-53)42-29-23-35-13-5-7-17-40(35)31-42/h1-37H;1-33H. The summed E-state index contributed by atoms with van der Waals surface area (Å²) in [6, 6.07) is 152. The predicted molar refractivity (Wildman–Crippen MR) is 478 cm³/mol. The van der Waals surface area contributed by atoms with Gasteiger partial charge in [-0.3, -0.25) is 0 Å². The summed E-state index contributed by atoms with van der Waals surface area (Å²) < 4.78 is 13.5.